The molecule has 6 nitrogen and oxygen atoms in total. The van der Waals surface area contributed by atoms with E-state index < -0.39 is 0 Å². The zero-order valence-corrected chi connectivity index (χ0v) is 17.6. The van der Waals surface area contributed by atoms with Crippen LogP contribution in [0, 0.1) is 6.92 Å². The molecule has 0 spiro atoms. The predicted molar refractivity (Wildman–Crippen MR) is 114 cm³/mol. The third-order valence-corrected chi connectivity index (χ3v) is 5.83. The van der Waals surface area contributed by atoms with Gasteiger partial charge in [-0.15, -0.1) is 11.3 Å². The summed E-state index contributed by atoms with van der Waals surface area (Å²) in [6, 6.07) is 12.2. The highest BCUT2D eigenvalue weighted by Crippen LogP contribution is 2.28. The number of carbonyl (C=O) groups excluding carboxylic acids is 1. The number of fused-ring (bicyclic) bond motifs is 1. The summed E-state index contributed by atoms with van der Waals surface area (Å²) in [4.78, 5) is 16.5. The van der Waals surface area contributed by atoms with Gasteiger partial charge >= 0.3 is 0 Å². The van der Waals surface area contributed by atoms with Crippen LogP contribution in [0.25, 0.3) is 10.2 Å². The topological polar surface area (TPSA) is 59.4 Å². The lowest BCUT2D eigenvalue weighted by atomic mass is 10.2. The third kappa shape index (κ3) is 5.19. The van der Waals surface area contributed by atoms with E-state index in [2.05, 4.69) is 34.5 Å². The van der Waals surface area contributed by atoms with E-state index in [0.29, 0.717) is 13.1 Å². The molecule has 1 amide bonds. The quantitative estimate of drug-likeness (QED) is 0.531. The molecular weight excluding hydrogens is 372 g/mol. The average Bonchev–Trinajstić information content (AvgIpc) is 3.26. The fraction of sp³-hybridized carbons (Fsp3) is 0.429. The number of hydrogen-bond donors (Lipinski definition) is 1. The van der Waals surface area contributed by atoms with Gasteiger partial charge in [-0.2, -0.15) is 5.10 Å². The van der Waals surface area contributed by atoms with Crippen LogP contribution < -0.4 is 5.32 Å². The van der Waals surface area contributed by atoms with Crippen molar-refractivity contribution in [2.75, 3.05) is 40.4 Å². The number of methoxy groups -OCH3 is 1. The minimum absolute atomic E-state index is 0.00796. The normalized spacial score (nSPS) is 11.4. The number of benzene rings is 1. The van der Waals surface area contributed by atoms with Crippen molar-refractivity contribution in [3.05, 3.63) is 52.5 Å². The molecule has 0 saturated heterocycles. The van der Waals surface area contributed by atoms with Gasteiger partial charge in [0.25, 0.3) is 5.91 Å². The van der Waals surface area contributed by atoms with Gasteiger partial charge < -0.3 is 15.0 Å². The fourth-order valence-corrected chi connectivity index (χ4v) is 4.16. The van der Waals surface area contributed by atoms with Crippen molar-refractivity contribution < 1.29 is 9.53 Å². The number of thiophene rings is 1. The molecule has 2 aromatic heterocycles. The Hall–Kier alpha value is -2.22. The Morgan fingerprint density at radius 2 is 2.07 bits per heavy atom. The zero-order chi connectivity index (χ0) is 19.9. The standard InChI is InChI=1S/C21H28N4O2S/c1-16-18-14-19(20(26)22-10-7-11-24(2)12-13-27-3)28-21(18)25(23-16)15-17-8-5-4-6-9-17/h4-6,8-9,14H,7,10-13,15H2,1-3H3,(H,22,26). The van der Waals surface area contributed by atoms with Crippen molar-refractivity contribution in [2.45, 2.75) is 19.9 Å². The summed E-state index contributed by atoms with van der Waals surface area (Å²) in [6.07, 6.45) is 0.914. The molecule has 7 heteroatoms. The summed E-state index contributed by atoms with van der Waals surface area (Å²) in [7, 11) is 3.77. The number of nitrogens with one attached hydrogen (secondary N) is 1. The second-order valence-corrected chi connectivity index (χ2v) is 7.99. The van der Waals surface area contributed by atoms with Crippen molar-refractivity contribution >= 4 is 27.5 Å². The third-order valence-electron chi connectivity index (χ3n) is 4.69. The molecule has 1 N–H and O–H groups in total. The number of hydrogen-bond acceptors (Lipinski definition) is 5. The van der Waals surface area contributed by atoms with Gasteiger partial charge in [-0.05, 0) is 38.6 Å². The molecule has 1 aromatic carbocycles. The van der Waals surface area contributed by atoms with E-state index in [-0.39, 0.29) is 5.91 Å². The monoisotopic (exact) mass is 400 g/mol. The highest BCUT2D eigenvalue weighted by molar-refractivity contribution is 7.20. The van der Waals surface area contributed by atoms with Crippen LogP contribution in [0.5, 0.6) is 0 Å². The predicted octanol–water partition coefficient (Wildman–Crippen LogP) is 3.15. The van der Waals surface area contributed by atoms with Crippen molar-refractivity contribution in [3.63, 3.8) is 0 Å². The number of aromatic nitrogens is 2. The summed E-state index contributed by atoms with van der Waals surface area (Å²) in [5.74, 6) is -0.00796. The van der Waals surface area contributed by atoms with Gasteiger partial charge in [0.15, 0.2) is 0 Å². The molecule has 2 heterocycles. The number of likely N-dealkylation sites (N-methyl/N-ethyl adjacent to an activating group) is 1. The first-order valence-electron chi connectivity index (χ1n) is 9.55. The summed E-state index contributed by atoms with van der Waals surface area (Å²) in [5, 5.41) is 8.74. The van der Waals surface area contributed by atoms with Gasteiger partial charge in [-0.25, -0.2) is 0 Å². The Bertz CT molecular complexity index is 904. The maximum atomic E-state index is 12.5. The molecule has 0 atom stereocenters. The van der Waals surface area contributed by atoms with Crippen molar-refractivity contribution in [1.29, 1.82) is 0 Å². The second kappa shape index (κ2) is 9.82. The van der Waals surface area contributed by atoms with Crippen LogP contribution in [0.3, 0.4) is 0 Å². The fourth-order valence-electron chi connectivity index (χ4n) is 3.09. The molecule has 3 rings (SSSR count). The molecular formula is C21H28N4O2S. The zero-order valence-electron chi connectivity index (χ0n) is 16.8. The molecule has 0 aliphatic heterocycles. The summed E-state index contributed by atoms with van der Waals surface area (Å²) < 4.78 is 7.07. The first-order chi connectivity index (χ1) is 13.6. The number of ether oxygens (including phenoxy) is 1. The van der Waals surface area contributed by atoms with E-state index in [0.717, 1.165) is 46.9 Å². The lowest BCUT2D eigenvalue weighted by Crippen LogP contribution is -2.29. The maximum Gasteiger partial charge on any atom is 0.261 e. The highest BCUT2D eigenvalue weighted by atomic mass is 32.1. The number of aryl methyl sites for hydroxylation is 1. The van der Waals surface area contributed by atoms with Gasteiger partial charge in [0.1, 0.15) is 4.83 Å². The van der Waals surface area contributed by atoms with E-state index in [1.165, 1.54) is 16.9 Å². The maximum absolute atomic E-state index is 12.5. The Morgan fingerprint density at radius 3 is 2.82 bits per heavy atom. The molecule has 0 radical (unpaired) electrons. The minimum atomic E-state index is -0.00796. The molecule has 0 aliphatic carbocycles. The molecule has 28 heavy (non-hydrogen) atoms. The van der Waals surface area contributed by atoms with E-state index in [9.17, 15) is 4.79 Å². The van der Waals surface area contributed by atoms with E-state index in [1.807, 2.05) is 35.9 Å². The molecule has 150 valence electrons. The van der Waals surface area contributed by atoms with Crippen LogP contribution in [0.15, 0.2) is 36.4 Å². The average molecular weight is 401 g/mol. The van der Waals surface area contributed by atoms with Gasteiger partial charge in [0.05, 0.1) is 23.7 Å². The smallest absolute Gasteiger partial charge is 0.261 e. The van der Waals surface area contributed by atoms with E-state index >= 15 is 0 Å². The number of carbonyl (C=O) groups is 1. The van der Waals surface area contributed by atoms with Crippen LogP contribution >= 0.6 is 11.3 Å². The Kier molecular flexibility index (Phi) is 7.19. The molecule has 0 saturated carbocycles. The summed E-state index contributed by atoms with van der Waals surface area (Å²) in [5.41, 5.74) is 2.16. The first kappa shape index (κ1) is 20.5. The molecule has 0 unspecified atom stereocenters. The van der Waals surface area contributed by atoms with Crippen molar-refractivity contribution in [1.82, 2.24) is 20.0 Å². The lowest BCUT2D eigenvalue weighted by Gasteiger charge is -2.15. The van der Waals surface area contributed by atoms with E-state index in [1.54, 1.807) is 7.11 Å². The number of rotatable bonds is 10. The van der Waals surface area contributed by atoms with Gasteiger partial charge in [0.2, 0.25) is 0 Å². The van der Waals surface area contributed by atoms with Crippen LogP contribution in [-0.2, 0) is 11.3 Å². The lowest BCUT2D eigenvalue weighted by molar-refractivity contribution is 0.0955. The minimum Gasteiger partial charge on any atom is -0.383 e. The van der Waals surface area contributed by atoms with Crippen molar-refractivity contribution in [2.24, 2.45) is 0 Å². The molecule has 0 aliphatic rings. The SMILES string of the molecule is COCCN(C)CCCNC(=O)c1cc2c(C)nn(Cc3ccccc3)c2s1. The second-order valence-electron chi connectivity index (χ2n) is 6.96. The number of amides is 1. The van der Waals surface area contributed by atoms with Crippen LogP contribution in [-0.4, -0.2) is 61.0 Å². The highest BCUT2D eigenvalue weighted by Gasteiger charge is 2.16. The molecule has 0 fully saturated rings. The van der Waals surface area contributed by atoms with Crippen LogP contribution in [0.4, 0.5) is 0 Å². The Morgan fingerprint density at radius 1 is 1.29 bits per heavy atom. The van der Waals surface area contributed by atoms with Crippen LogP contribution in [0.1, 0.15) is 27.3 Å². The molecule has 3 aromatic rings. The summed E-state index contributed by atoms with van der Waals surface area (Å²) >= 11 is 1.51. The van der Waals surface area contributed by atoms with Crippen molar-refractivity contribution in [3.8, 4) is 0 Å². The summed E-state index contributed by atoms with van der Waals surface area (Å²) in [6.45, 7) is 5.93. The van der Waals surface area contributed by atoms with Gasteiger partial charge in [0, 0.05) is 25.6 Å². The van der Waals surface area contributed by atoms with Crippen LogP contribution in [0.2, 0.25) is 0 Å². The van der Waals surface area contributed by atoms with Gasteiger partial charge in [-0.1, -0.05) is 30.3 Å². The Balaban J connectivity index is 1.59. The Labute approximate surface area is 170 Å². The van der Waals surface area contributed by atoms with E-state index in [4.69, 9.17) is 4.74 Å². The molecule has 0 bridgehead atoms. The largest absolute Gasteiger partial charge is 0.383 e. The first-order valence-corrected chi connectivity index (χ1v) is 10.4. The van der Waals surface area contributed by atoms with Gasteiger partial charge in [-0.3, -0.25) is 9.48 Å². The number of nitrogens with zero attached hydrogens (tertiary/aromatic N) is 3.